The van der Waals surface area contributed by atoms with Crippen molar-refractivity contribution in [3.63, 3.8) is 0 Å². The van der Waals surface area contributed by atoms with Crippen LogP contribution < -0.4 is 10.1 Å². The molecule has 2 heterocycles. The number of carbonyl (C=O) groups excluding carboxylic acids is 1. The van der Waals surface area contributed by atoms with Crippen molar-refractivity contribution in [1.29, 1.82) is 0 Å². The number of hydrogen-bond acceptors (Lipinski definition) is 4. The van der Waals surface area contributed by atoms with E-state index < -0.39 is 0 Å². The smallest absolute Gasteiger partial charge is 0.256 e. The highest BCUT2D eigenvalue weighted by Crippen LogP contribution is 2.27. The second-order valence-corrected chi connectivity index (χ2v) is 7.66. The van der Waals surface area contributed by atoms with Crippen molar-refractivity contribution >= 4 is 33.7 Å². The summed E-state index contributed by atoms with van der Waals surface area (Å²) >= 11 is 0. The number of hydrogen-bond donors (Lipinski definition) is 1. The molecule has 0 spiro atoms. The van der Waals surface area contributed by atoms with Gasteiger partial charge >= 0.3 is 0 Å². The van der Waals surface area contributed by atoms with Crippen LogP contribution in [-0.2, 0) is 6.54 Å². The van der Waals surface area contributed by atoms with Crippen molar-refractivity contribution < 1.29 is 9.53 Å². The molecule has 4 rings (SSSR count). The average Bonchev–Trinajstić information content (AvgIpc) is 3.01. The van der Waals surface area contributed by atoms with E-state index in [9.17, 15) is 4.79 Å². The quantitative estimate of drug-likeness (QED) is 0.533. The molecule has 0 fully saturated rings. The van der Waals surface area contributed by atoms with Crippen LogP contribution in [-0.4, -0.2) is 27.8 Å². The largest absolute Gasteiger partial charge is 0.497 e. The minimum Gasteiger partial charge on any atom is -0.497 e. The molecule has 29 heavy (non-hydrogen) atoms. The van der Waals surface area contributed by atoms with Crippen molar-refractivity contribution in [2.24, 2.45) is 5.92 Å². The Bertz CT molecular complexity index is 1190. The van der Waals surface area contributed by atoms with Crippen LogP contribution in [0.4, 0.5) is 5.82 Å². The Balaban J connectivity index is 1.78. The molecule has 0 bridgehead atoms. The predicted octanol–water partition coefficient (Wildman–Crippen LogP) is 4.81. The summed E-state index contributed by atoms with van der Waals surface area (Å²) in [5.74, 6) is 1.42. The molecule has 1 amide bonds. The lowest BCUT2D eigenvalue weighted by Crippen LogP contribution is -2.13. The molecule has 0 unspecified atom stereocenters. The zero-order chi connectivity index (χ0) is 20.5. The number of anilines is 1. The van der Waals surface area contributed by atoms with Gasteiger partial charge in [0.2, 0.25) is 0 Å². The van der Waals surface area contributed by atoms with Gasteiger partial charge in [-0.15, -0.1) is 0 Å². The second kappa shape index (κ2) is 7.54. The van der Waals surface area contributed by atoms with Crippen LogP contribution in [0.3, 0.4) is 0 Å². The summed E-state index contributed by atoms with van der Waals surface area (Å²) in [6.07, 6.45) is 0. The number of carbonyl (C=O) groups is 1. The Hall–Kier alpha value is -3.41. The number of nitrogens with one attached hydrogen (secondary N) is 1. The van der Waals surface area contributed by atoms with Gasteiger partial charge in [0, 0.05) is 17.5 Å². The van der Waals surface area contributed by atoms with Crippen molar-refractivity contribution in [3.05, 3.63) is 59.7 Å². The first-order valence-corrected chi connectivity index (χ1v) is 9.68. The molecule has 2 aromatic carbocycles. The van der Waals surface area contributed by atoms with Crippen molar-refractivity contribution in [1.82, 2.24) is 14.8 Å². The number of nitrogens with zero attached hydrogens (tertiary/aromatic N) is 3. The van der Waals surface area contributed by atoms with Gasteiger partial charge < -0.3 is 10.1 Å². The number of pyridine rings is 1. The second-order valence-electron chi connectivity index (χ2n) is 7.66. The lowest BCUT2D eigenvalue weighted by atomic mass is 10.1. The zero-order valence-electron chi connectivity index (χ0n) is 17.1. The molecule has 0 saturated carbocycles. The van der Waals surface area contributed by atoms with Crippen LogP contribution in [0, 0.1) is 12.8 Å². The Morgan fingerprint density at radius 3 is 2.59 bits per heavy atom. The van der Waals surface area contributed by atoms with Crippen molar-refractivity contribution in [2.75, 3.05) is 12.4 Å². The van der Waals surface area contributed by atoms with E-state index in [1.165, 1.54) is 0 Å². The molecule has 4 aromatic rings. The van der Waals surface area contributed by atoms with Gasteiger partial charge in [0.1, 0.15) is 5.75 Å². The first-order valence-electron chi connectivity index (χ1n) is 9.68. The van der Waals surface area contributed by atoms with Crippen LogP contribution in [0.15, 0.2) is 48.5 Å². The van der Waals surface area contributed by atoms with Gasteiger partial charge in [0.05, 0.1) is 18.0 Å². The summed E-state index contributed by atoms with van der Waals surface area (Å²) in [5, 5.41) is 9.50. The molecule has 0 aliphatic carbocycles. The first kappa shape index (κ1) is 18.9. The molecule has 2 aromatic heterocycles. The average molecular weight is 388 g/mol. The Morgan fingerprint density at radius 2 is 1.90 bits per heavy atom. The third-order valence-corrected chi connectivity index (χ3v) is 4.79. The van der Waals surface area contributed by atoms with E-state index in [0.717, 1.165) is 34.0 Å². The van der Waals surface area contributed by atoms with Gasteiger partial charge in [-0.3, -0.25) is 4.79 Å². The molecule has 1 N–H and O–H groups in total. The van der Waals surface area contributed by atoms with Crippen LogP contribution in [0.2, 0.25) is 0 Å². The topological polar surface area (TPSA) is 69.0 Å². The van der Waals surface area contributed by atoms with E-state index in [1.54, 1.807) is 31.4 Å². The molecule has 6 nitrogen and oxygen atoms in total. The van der Waals surface area contributed by atoms with E-state index >= 15 is 0 Å². The Morgan fingerprint density at radius 1 is 1.14 bits per heavy atom. The minimum atomic E-state index is -0.215. The molecule has 0 saturated heterocycles. The molecule has 0 radical (unpaired) electrons. The lowest BCUT2D eigenvalue weighted by molar-refractivity contribution is 0.102. The van der Waals surface area contributed by atoms with Gasteiger partial charge in [-0.25, -0.2) is 9.67 Å². The predicted molar refractivity (Wildman–Crippen MR) is 116 cm³/mol. The molecule has 6 heteroatoms. The minimum absolute atomic E-state index is 0.215. The zero-order valence-corrected chi connectivity index (χ0v) is 17.1. The number of amides is 1. The number of methoxy groups -OCH3 is 1. The summed E-state index contributed by atoms with van der Waals surface area (Å²) in [6, 6.07) is 15.2. The van der Waals surface area contributed by atoms with Crippen LogP contribution in [0.5, 0.6) is 5.75 Å². The number of ether oxygens (including phenoxy) is 1. The highest BCUT2D eigenvalue weighted by Gasteiger charge is 2.17. The van der Waals surface area contributed by atoms with E-state index in [2.05, 4.69) is 49.4 Å². The van der Waals surface area contributed by atoms with E-state index in [0.29, 0.717) is 23.0 Å². The van der Waals surface area contributed by atoms with Crippen LogP contribution >= 0.6 is 0 Å². The summed E-state index contributed by atoms with van der Waals surface area (Å²) < 4.78 is 7.04. The first-order chi connectivity index (χ1) is 13.9. The number of fused-ring (bicyclic) bond motifs is 2. The van der Waals surface area contributed by atoms with E-state index in [1.807, 2.05) is 10.7 Å². The molecular weight excluding hydrogens is 364 g/mol. The maximum absolute atomic E-state index is 12.8. The normalized spacial score (nSPS) is 11.3. The van der Waals surface area contributed by atoms with Gasteiger partial charge in [0.25, 0.3) is 5.91 Å². The van der Waals surface area contributed by atoms with Crippen LogP contribution in [0.25, 0.3) is 21.9 Å². The SMILES string of the molecule is COc1ccc(C(=O)Nc2nn(CC(C)C)c3nc4ccc(C)cc4cc23)cc1. The van der Waals surface area contributed by atoms with Crippen molar-refractivity contribution in [2.45, 2.75) is 27.3 Å². The van der Waals surface area contributed by atoms with Gasteiger partial charge in [0.15, 0.2) is 11.5 Å². The third kappa shape index (κ3) is 3.78. The third-order valence-electron chi connectivity index (χ3n) is 4.79. The maximum atomic E-state index is 12.8. The fourth-order valence-corrected chi connectivity index (χ4v) is 3.37. The number of benzene rings is 2. The van der Waals surface area contributed by atoms with Crippen LogP contribution in [0.1, 0.15) is 29.8 Å². The number of rotatable bonds is 5. The van der Waals surface area contributed by atoms with Gasteiger partial charge in [-0.2, -0.15) is 5.10 Å². The maximum Gasteiger partial charge on any atom is 0.256 e. The van der Waals surface area contributed by atoms with Gasteiger partial charge in [-0.1, -0.05) is 25.5 Å². The van der Waals surface area contributed by atoms with E-state index in [4.69, 9.17) is 9.72 Å². The molecule has 0 aliphatic rings. The fraction of sp³-hybridized carbons (Fsp3) is 0.261. The number of aromatic nitrogens is 3. The standard InChI is InChI=1S/C23H24N4O2/c1-14(2)13-27-22-19(12-17-11-15(3)5-10-20(17)24-22)21(26-27)25-23(28)16-6-8-18(29-4)9-7-16/h5-12,14H,13H2,1-4H3,(H,25,26,28). The Labute approximate surface area is 169 Å². The van der Waals surface area contributed by atoms with Gasteiger partial charge in [-0.05, 0) is 55.3 Å². The summed E-state index contributed by atoms with van der Waals surface area (Å²) in [4.78, 5) is 17.6. The molecule has 0 atom stereocenters. The summed E-state index contributed by atoms with van der Waals surface area (Å²) in [6.45, 7) is 7.04. The Kier molecular flexibility index (Phi) is 4.92. The summed E-state index contributed by atoms with van der Waals surface area (Å²) in [5.41, 5.74) is 3.40. The van der Waals surface area contributed by atoms with E-state index in [-0.39, 0.29) is 5.91 Å². The summed E-state index contributed by atoms with van der Waals surface area (Å²) in [7, 11) is 1.60. The number of aryl methyl sites for hydroxylation is 1. The monoisotopic (exact) mass is 388 g/mol. The highest BCUT2D eigenvalue weighted by atomic mass is 16.5. The molecule has 148 valence electrons. The fourth-order valence-electron chi connectivity index (χ4n) is 3.37. The molecule has 0 aliphatic heterocycles. The molecular formula is C23H24N4O2. The lowest BCUT2D eigenvalue weighted by Gasteiger charge is -2.06. The highest BCUT2D eigenvalue weighted by molar-refractivity contribution is 6.08. The van der Waals surface area contributed by atoms with Crippen molar-refractivity contribution in [3.8, 4) is 5.75 Å².